The van der Waals surface area contributed by atoms with Crippen LogP contribution in [0.3, 0.4) is 0 Å². The Morgan fingerprint density at radius 3 is 2.75 bits per heavy atom. The normalized spacial score (nSPS) is 17.9. The number of hydrogen-bond acceptors (Lipinski definition) is 2. The van der Waals surface area contributed by atoms with E-state index in [-0.39, 0.29) is 17.7 Å². The predicted octanol–water partition coefficient (Wildman–Crippen LogP) is 2.70. The van der Waals surface area contributed by atoms with Gasteiger partial charge in [-0.15, -0.1) is 0 Å². The summed E-state index contributed by atoms with van der Waals surface area (Å²) in [5.74, 6) is -1.07. The quantitative estimate of drug-likeness (QED) is 0.850. The van der Waals surface area contributed by atoms with Gasteiger partial charge >= 0.3 is 0 Å². The van der Waals surface area contributed by atoms with Crippen LogP contribution in [0.5, 0.6) is 0 Å². The molecule has 1 saturated carbocycles. The van der Waals surface area contributed by atoms with E-state index in [0.717, 1.165) is 12.8 Å². The Kier molecular flexibility index (Phi) is 1.86. The van der Waals surface area contributed by atoms with E-state index in [2.05, 4.69) is 0 Å². The average molecular weight is 223 g/mol. The van der Waals surface area contributed by atoms with Crippen molar-refractivity contribution >= 4 is 11.0 Å². The van der Waals surface area contributed by atoms with Crippen molar-refractivity contribution in [3.63, 3.8) is 0 Å². The molecule has 0 aliphatic heterocycles. The first-order valence-electron chi connectivity index (χ1n) is 5.24. The lowest BCUT2D eigenvalue weighted by molar-refractivity contribution is 0.519. The number of rotatable bonds is 2. The van der Waals surface area contributed by atoms with Crippen LogP contribution in [0.4, 0.5) is 8.78 Å². The molecule has 2 N–H and O–H groups in total. The molecule has 16 heavy (non-hydrogen) atoms. The highest BCUT2D eigenvalue weighted by atomic mass is 19.1. The van der Waals surface area contributed by atoms with E-state index in [4.69, 9.17) is 10.2 Å². The molecule has 4 heteroatoms. The number of fused-ring (bicyclic) bond motifs is 1. The lowest BCUT2D eigenvalue weighted by Gasteiger charge is -2.15. The molecule has 0 atom stereocenters. The molecule has 1 aromatic heterocycles. The first kappa shape index (κ1) is 9.78. The minimum absolute atomic E-state index is 0.129. The minimum Gasteiger partial charge on any atom is -0.464 e. The molecule has 0 bridgehead atoms. The number of furan rings is 1. The van der Waals surface area contributed by atoms with Crippen LogP contribution >= 0.6 is 0 Å². The number of nitrogens with two attached hydrogens (primary N) is 1. The summed E-state index contributed by atoms with van der Waals surface area (Å²) in [6.45, 7) is 0.282. The van der Waals surface area contributed by atoms with Gasteiger partial charge in [0.1, 0.15) is 17.2 Å². The van der Waals surface area contributed by atoms with Gasteiger partial charge in [0.25, 0.3) is 0 Å². The van der Waals surface area contributed by atoms with Crippen molar-refractivity contribution in [3.05, 3.63) is 35.6 Å². The molecule has 0 saturated heterocycles. The molecular formula is C12H11F2NO. The number of hydrogen-bond donors (Lipinski definition) is 1. The van der Waals surface area contributed by atoms with Crippen LogP contribution in [0, 0.1) is 11.6 Å². The standard InChI is InChI=1S/C12H11F2NO/c13-8-5-9-7(1-4-16-9)11(14)10(8)12(6-15)2-3-12/h1,4-5H,2-3,6,15H2. The Labute approximate surface area is 91.0 Å². The van der Waals surface area contributed by atoms with Crippen LogP contribution in [0.1, 0.15) is 18.4 Å². The van der Waals surface area contributed by atoms with E-state index in [1.807, 2.05) is 0 Å². The minimum atomic E-state index is -0.553. The van der Waals surface area contributed by atoms with Gasteiger partial charge in [-0.05, 0) is 18.9 Å². The summed E-state index contributed by atoms with van der Waals surface area (Å²) in [7, 11) is 0. The molecule has 3 rings (SSSR count). The first-order chi connectivity index (χ1) is 7.68. The van der Waals surface area contributed by atoms with Crippen LogP contribution in [0.25, 0.3) is 11.0 Å². The van der Waals surface area contributed by atoms with Gasteiger partial charge < -0.3 is 10.2 Å². The summed E-state index contributed by atoms with van der Waals surface area (Å²) in [4.78, 5) is 0. The fourth-order valence-corrected chi connectivity index (χ4v) is 2.23. The molecule has 0 amide bonds. The smallest absolute Gasteiger partial charge is 0.141 e. The monoisotopic (exact) mass is 223 g/mol. The van der Waals surface area contributed by atoms with Crippen LogP contribution in [-0.4, -0.2) is 6.54 Å². The molecule has 0 unspecified atom stereocenters. The zero-order valence-electron chi connectivity index (χ0n) is 8.59. The maximum atomic E-state index is 14.1. The SMILES string of the molecule is NCC1(c2c(F)cc3occc3c2F)CC1. The van der Waals surface area contributed by atoms with E-state index in [9.17, 15) is 8.78 Å². The molecule has 2 nitrogen and oxygen atoms in total. The Balaban J connectivity index is 2.31. The largest absolute Gasteiger partial charge is 0.464 e. The zero-order valence-corrected chi connectivity index (χ0v) is 8.59. The summed E-state index contributed by atoms with van der Waals surface area (Å²) in [6, 6.07) is 2.75. The van der Waals surface area contributed by atoms with Crippen molar-refractivity contribution in [2.24, 2.45) is 5.73 Å². The second-order valence-electron chi connectivity index (χ2n) is 4.36. The Hall–Kier alpha value is -1.42. The van der Waals surface area contributed by atoms with E-state index >= 15 is 0 Å². The summed E-state index contributed by atoms with van der Waals surface area (Å²) < 4.78 is 32.9. The molecule has 1 aliphatic carbocycles. The van der Waals surface area contributed by atoms with Gasteiger partial charge in [0.2, 0.25) is 0 Å². The summed E-state index contributed by atoms with van der Waals surface area (Å²) in [5, 5.41) is 0.330. The summed E-state index contributed by atoms with van der Waals surface area (Å²) >= 11 is 0. The lowest BCUT2D eigenvalue weighted by Crippen LogP contribution is -2.22. The van der Waals surface area contributed by atoms with E-state index in [1.165, 1.54) is 18.4 Å². The molecule has 2 aromatic rings. The fourth-order valence-electron chi connectivity index (χ4n) is 2.23. The highest BCUT2D eigenvalue weighted by Gasteiger charge is 2.47. The van der Waals surface area contributed by atoms with Crippen molar-refractivity contribution in [2.45, 2.75) is 18.3 Å². The molecule has 0 spiro atoms. The molecule has 1 fully saturated rings. The zero-order chi connectivity index (χ0) is 11.3. The summed E-state index contributed by atoms with van der Waals surface area (Å²) in [6.07, 6.45) is 2.86. The molecular weight excluding hydrogens is 212 g/mol. The molecule has 84 valence electrons. The van der Waals surface area contributed by atoms with Gasteiger partial charge in [-0.25, -0.2) is 8.78 Å². The van der Waals surface area contributed by atoms with Gasteiger partial charge in [-0.3, -0.25) is 0 Å². The predicted molar refractivity (Wildman–Crippen MR) is 56.1 cm³/mol. The lowest BCUT2D eigenvalue weighted by atomic mass is 9.93. The summed E-state index contributed by atoms with van der Waals surface area (Å²) in [5.41, 5.74) is 5.49. The van der Waals surface area contributed by atoms with E-state index in [1.54, 1.807) is 0 Å². The van der Waals surface area contributed by atoms with Gasteiger partial charge in [0, 0.05) is 23.6 Å². The number of benzene rings is 1. The third kappa shape index (κ3) is 1.13. The second kappa shape index (κ2) is 3.04. The third-order valence-corrected chi connectivity index (χ3v) is 3.42. The Bertz CT molecular complexity index is 557. The topological polar surface area (TPSA) is 39.2 Å². The van der Waals surface area contributed by atoms with Crippen LogP contribution in [0.15, 0.2) is 22.8 Å². The van der Waals surface area contributed by atoms with Crippen LogP contribution < -0.4 is 5.73 Å². The van der Waals surface area contributed by atoms with Crippen molar-refractivity contribution in [1.82, 2.24) is 0 Å². The highest BCUT2D eigenvalue weighted by molar-refractivity contribution is 5.79. The Morgan fingerprint density at radius 1 is 1.38 bits per heavy atom. The Morgan fingerprint density at radius 2 is 2.12 bits per heavy atom. The van der Waals surface area contributed by atoms with E-state index < -0.39 is 17.0 Å². The van der Waals surface area contributed by atoms with Crippen LogP contribution in [0.2, 0.25) is 0 Å². The first-order valence-corrected chi connectivity index (χ1v) is 5.24. The van der Waals surface area contributed by atoms with Gasteiger partial charge in [-0.2, -0.15) is 0 Å². The highest BCUT2D eigenvalue weighted by Crippen LogP contribution is 2.50. The number of halogens is 2. The van der Waals surface area contributed by atoms with Gasteiger partial charge in [-0.1, -0.05) is 0 Å². The molecule has 0 radical (unpaired) electrons. The van der Waals surface area contributed by atoms with Gasteiger partial charge in [0.05, 0.1) is 11.6 Å². The molecule has 1 aliphatic rings. The third-order valence-electron chi connectivity index (χ3n) is 3.42. The maximum Gasteiger partial charge on any atom is 0.141 e. The van der Waals surface area contributed by atoms with Crippen LogP contribution in [-0.2, 0) is 5.41 Å². The molecule has 1 heterocycles. The maximum absolute atomic E-state index is 14.1. The molecule has 1 aromatic carbocycles. The van der Waals surface area contributed by atoms with E-state index in [0.29, 0.717) is 5.39 Å². The van der Waals surface area contributed by atoms with Crippen molar-refractivity contribution in [2.75, 3.05) is 6.54 Å². The van der Waals surface area contributed by atoms with Crippen molar-refractivity contribution < 1.29 is 13.2 Å². The fraction of sp³-hybridized carbons (Fsp3) is 0.333. The van der Waals surface area contributed by atoms with Gasteiger partial charge in [0.15, 0.2) is 0 Å². The van der Waals surface area contributed by atoms with Crippen molar-refractivity contribution in [3.8, 4) is 0 Å². The average Bonchev–Trinajstić information content (AvgIpc) is 2.89. The van der Waals surface area contributed by atoms with Crippen molar-refractivity contribution in [1.29, 1.82) is 0 Å². The second-order valence-corrected chi connectivity index (χ2v) is 4.36.